The molecular weight excluding hydrogens is 936 g/mol. The third-order valence-corrected chi connectivity index (χ3v) is 15.2. The summed E-state index contributed by atoms with van der Waals surface area (Å²) in [5.74, 6) is -0.184. The van der Waals surface area contributed by atoms with Crippen LogP contribution in [0.3, 0.4) is 0 Å². The lowest BCUT2D eigenvalue weighted by atomic mass is 10.0. The van der Waals surface area contributed by atoms with Crippen molar-refractivity contribution in [2.45, 2.75) is 309 Å². The molecule has 0 bridgehead atoms. The van der Waals surface area contributed by atoms with E-state index >= 15 is 0 Å². The minimum absolute atomic E-state index is 0.0560. The number of likely N-dealkylation sites (N-methyl/N-ethyl adjacent to an activating group) is 1. The monoisotopic (exact) mass is 1060 g/mol. The van der Waals surface area contributed by atoms with Crippen LogP contribution in [-0.2, 0) is 18.4 Å². The van der Waals surface area contributed by atoms with Crippen molar-refractivity contribution in [3.63, 3.8) is 0 Å². The molecule has 0 rings (SSSR count). The maximum Gasteiger partial charge on any atom is 0.472 e. The molecule has 0 aliphatic rings. The molecule has 1 amide bonds. The molecule has 0 heterocycles. The molecule has 0 saturated heterocycles. The number of unbranched alkanes of at least 4 members (excludes halogenated alkanes) is 37. The minimum atomic E-state index is -4.36. The number of allylic oxidation sites excluding steroid dienone is 9. The molecule has 0 radical (unpaired) electrons. The predicted octanol–water partition coefficient (Wildman–Crippen LogP) is 19.7. The predicted molar refractivity (Wildman–Crippen MR) is 323 cm³/mol. The Balaban J connectivity index is 4.09. The summed E-state index contributed by atoms with van der Waals surface area (Å²) < 4.78 is 23.7. The van der Waals surface area contributed by atoms with Crippen molar-refractivity contribution in [1.29, 1.82) is 0 Å². The molecule has 0 aromatic heterocycles. The molecule has 0 saturated carbocycles. The van der Waals surface area contributed by atoms with Crippen molar-refractivity contribution in [2.24, 2.45) is 0 Å². The van der Waals surface area contributed by atoms with Crippen LogP contribution in [0.1, 0.15) is 296 Å². The van der Waals surface area contributed by atoms with E-state index in [0.717, 1.165) is 51.4 Å². The van der Waals surface area contributed by atoms with Crippen LogP contribution in [0, 0.1) is 0 Å². The van der Waals surface area contributed by atoms with Crippen LogP contribution < -0.4 is 5.32 Å². The zero-order valence-corrected chi connectivity index (χ0v) is 50.5. The van der Waals surface area contributed by atoms with Gasteiger partial charge in [-0.25, -0.2) is 4.57 Å². The van der Waals surface area contributed by atoms with Crippen LogP contribution in [0.4, 0.5) is 0 Å². The largest absolute Gasteiger partial charge is 0.472 e. The standard InChI is InChI=1S/C65H123N2O6P/c1-6-8-10-12-14-16-18-20-22-24-26-27-28-29-30-31-32-33-34-35-36-37-38-39-41-43-45-47-49-51-53-55-57-59-65(69)66-63(62-73-74(70,71)72-61-60-67(3,4)5)64(68)58-56-54-52-50-48-46-44-42-40-25-23-21-19-17-15-13-11-9-7-2/h18,20,24,26,28-29,48,50,56,58,63-64,68H,6-17,19,21-23,25,27,30-47,49,51-55,57,59-62H2,1-5H3,(H-,66,69,70,71)/p+1/b20-18-,26-24-,29-28-,50-48+,58-56+. The number of hydrogen-bond donors (Lipinski definition) is 3. The van der Waals surface area contributed by atoms with Gasteiger partial charge in [0, 0.05) is 6.42 Å². The second kappa shape index (κ2) is 55.9. The van der Waals surface area contributed by atoms with Gasteiger partial charge in [0.15, 0.2) is 0 Å². The van der Waals surface area contributed by atoms with E-state index in [2.05, 4.69) is 67.8 Å². The lowest BCUT2D eigenvalue weighted by molar-refractivity contribution is -0.870. The highest BCUT2D eigenvalue weighted by Gasteiger charge is 2.27. The van der Waals surface area contributed by atoms with Gasteiger partial charge in [-0.15, -0.1) is 0 Å². The molecule has 0 aliphatic carbocycles. The number of aliphatic hydroxyl groups is 1. The van der Waals surface area contributed by atoms with Gasteiger partial charge in [0.05, 0.1) is 39.9 Å². The van der Waals surface area contributed by atoms with Crippen molar-refractivity contribution < 1.29 is 32.9 Å². The van der Waals surface area contributed by atoms with Gasteiger partial charge >= 0.3 is 7.82 Å². The molecule has 0 aliphatic heterocycles. The first-order valence-electron chi connectivity index (χ1n) is 31.7. The number of nitrogens with zero attached hydrogens (tertiary/aromatic N) is 1. The first-order chi connectivity index (χ1) is 36.0. The normalized spacial score (nSPS) is 14.2. The Morgan fingerprint density at radius 2 is 0.784 bits per heavy atom. The van der Waals surface area contributed by atoms with Crippen LogP contribution in [0.25, 0.3) is 0 Å². The fraction of sp³-hybridized carbons (Fsp3) is 0.831. The number of quaternary nitrogens is 1. The molecule has 8 nitrogen and oxygen atoms in total. The van der Waals surface area contributed by atoms with Crippen molar-refractivity contribution in [1.82, 2.24) is 5.32 Å². The van der Waals surface area contributed by atoms with E-state index in [-0.39, 0.29) is 19.1 Å². The minimum Gasteiger partial charge on any atom is -0.387 e. The van der Waals surface area contributed by atoms with Gasteiger partial charge < -0.3 is 19.8 Å². The van der Waals surface area contributed by atoms with Gasteiger partial charge in [0.2, 0.25) is 5.91 Å². The maximum absolute atomic E-state index is 13.0. The highest BCUT2D eigenvalue weighted by molar-refractivity contribution is 7.47. The summed E-state index contributed by atoms with van der Waals surface area (Å²) in [6.07, 6.45) is 76.3. The van der Waals surface area contributed by atoms with Gasteiger partial charge in [-0.1, -0.05) is 280 Å². The topological polar surface area (TPSA) is 105 Å². The van der Waals surface area contributed by atoms with E-state index in [1.54, 1.807) is 6.08 Å². The zero-order valence-electron chi connectivity index (χ0n) is 49.6. The van der Waals surface area contributed by atoms with Gasteiger partial charge in [0.25, 0.3) is 0 Å². The molecule has 3 atom stereocenters. The van der Waals surface area contributed by atoms with E-state index in [1.807, 2.05) is 27.2 Å². The van der Waals surface area contributed by atoms with Crippen molar-refractivity contribution in [2.75, 3.05) is 40.9 Å². The molecule has 74 heavy (non-hydrogen) atoms. The number of amides is 1. The van der Waals surface area contributed by atoms with Gasteiger partial charge in [0.1, 0.15) is 13.2 Å². The Morgan fingerprint density at radius 1 is 0.459 bits per heavy atom. The molecule has 434 valence electrons. The second-order valence-corrected chi connectivity index (χ2v) is 24.2. The number of rotatable bonds is 58. The molecular formula is C65H124N2O6P+. The Hall–Kier alpha value is -1.80. The highest BCUT2D eigenvalue weighted by Crippen LogP contribution is 2.43. The summed E-state index contributed by atoms with van der Waals surface area (Å²) >= 11 is 0. The number of hydrogen-bond acceptors (Lipinski definition) is 5. The maximum atomic E-state index is 13.0. The van der Waals surface area contributed by atoms with E-state index < -0.39 is 20.0 Å². The Labute approximate surface area is 460 Å². The van der Waals surface area contributed by atoms with Crippen LogP contribution in [-0.4, -0.2) is 73.4 Å². The molecule has 3 N–H and O–H groups in total. The fourth-order valence-corrected chi connectivity index (χ4v) is 9.98. The summed E-state index contributed by atoms with van der Waals surface area (Å²) in [7, 11) is 1.56. The van der Waals surface area contributed by atoms with E-state index in [4.69, 9.17) is 9.05 Å². The average Bonchev–Trinajstić information content (AvgIpc) is 3.36. The number of aliphatic hydroxyl groups excluding tert-OH is 1. The Kier molecular flexibility index (Phi) is 54.6. The lowest BCUT2D eigenvalue weighted by Crippen LogP contribution is -2.45. The third kappa shape index (κ3) is 57.9. The van der Waals surface area contributed by atoms with Crippen molar-refractivity contribution in [3.05, 3.63) is 60.8 Å². The average molecular weight is 1060 g/mol. The SMILES string of the molecule is CCCCCCC/C=C\C/C=C\C/C=C\CCCCCCCCCCCCCCCCCCCCC(=O)NC(COP(=O)(O)OCC[N+](C)(C)C)C(O)/C=C/CC/C=C/CCCCCCCCCCCCCCC. The number of nitrogens with one attached hydrogen (secondary N) is 1. The lowest BCUT2D eigenvalue weighted by Gasteiger charge is -2.25. The molecule has 9 heteroatoms. The molecule has 0 aromatic carbocycles. The van der Waals surface area contributed by atoms with Gasteiger partial charge in [-0.05, 0) is 70.6 Å². The quantitative estimate of drug-likeness (QED) is 0.0243. The molecule has 3 unspecified atom stereocenters. The number of phosphoric acid groups is 1. The molecule has 0 aromatic rings. The first kappa shape index (κ1) is 72.2. The zero-order chi connectivity index (χ0) is 54.2. The summed E-state index contributed by atoms with van der Waals surface area (Å²) in [5, 5.41) is 13.9. The number of phosphoric ester groups is 1. The van der Waals surface area contributed by atoms with Gasteiger partial charge in [-0.3, -0.25) is 13.8 Å². The smallest absolute Gasteiger partial charge is 0.387 e. The van der Waals surface area contributed by atoms with Crippen molar-refractivity contribution in [3.8, 4) is 0 Å². The van der Waals surface area contributed by atoms with Crippen LogP contribution in [0.2, 0.25) is 0 Å². The highest BCUT2D eigenvalue weighted by atomic mass is 31.2. The van der Waals surface area contributed by atoms with Crippen LogP contribution in [0.5, 0.6) is 0 Å². The van der Waals surface area contributed by atoms with E-state index in [9.17, 15) is 19.4 Å². The third-order valence-electron chi connectivity index (χ3n) is 14.2. The van der Waals surface area contributed by atoms with Gasteiger partial charge in [-0.2, -0.15) is 0 Å². The molecule has 0 fully saturated rings. The fourth-order valence-electron chi connectivity index (χ4n) is 9.24. The van der Waals surface area contributed by atoms with Crippen molar-refractivity contribution >= 4 is 13.7 Å². The summed E-state index contributed by atoms with van der Waals surface area (Å²) in [6, 6.07) is -0.865. The summed E-state index contributed by atoms with van der Waals surface area (Å²) in [4.78, 5) is 23.3. The Bertz CT molecular complexity index is 1390. The van der Waals surface area contributed by atoms with E-state index in [0.29, 0.717) is 17.4 Å². The second-order valence-electron chi connectivity index (χ2n) is 22.8. The van der Waals surface area contributed by atoms with Crippen LogP contribution in [0.15, 0.2) is 60.8 Å². The molecule has 0 spiro atoms. The summed E-state index contributed by atoms with van der Waals surface area (Å²) in [5.41, 5.74) is 0. The van der Waals surface area contributed by atoms with E-state index in [1.165, 1.54) is 225 Å². The van der Waals surface area contributed by atoms with Crippen LogP contribution >= 0.6 is 7.82 Å². The summed E-state index contributed by atoms with van der Waals surface area (Å²) in [6.45, 7) is 4.81. The number of carbonyl (C=O) groups excluding carboxylic acids is 1. The Morgan fingerprint density at radius 3 is 1.18 bits per heavy atom. The number of carbonyl (C=O) groups is 1. The first-order valence-corrected chi connectivity index (χ1v) is 33.2.